The van der Waals surface area contributed by atoms with Crippen molar-refractivity contribution in [1.82, 2.24) is 0 Å². The quantitative estimate of drug-likeness (QED) is 0.586. The first-order chi connectivity index (χ1) is 7.06. The van der Waals surface area contributed by atoms with E-state index in [0.717, 1.165) is 0 Å². The van der Waals surface area contributed by atoms with E-state index in [1.807, 2.05) is 6.07 Å². The highest BCUT2D eigenvalue weighted by Crippen LogP contribution is 2.47. The number of esters is 1. The number of benzene rings is 1. The van der Waals surface area contributed by atoms with Crippen molar-refractivity contribution in [2.75, 3.05) is 0 Å². The van der Waals surface area contributed by atoms with Crippen LogP contribution in [0.3, 0.4) is 0 Å². The molecule has 0 aliphatic carbocycles. The summed E-state index contributed by atoms with van der Waals surface area (Å²) in [6.45, 7) is 1.39. The third-order valence-corrected chi connectivity index (χ3v) is 2.72. The Morgan fingerprint density at radius 2 is 2.00 bits per heavy atom. The summed E-state index contributed by atoms with van der Waals surface area (Å²) in [7, 11) is 0. The average molecular weight is 206 g/mol. The van der Waals surface area contributed by atoms with Crippen LogP contribution in [0.1, 0.15) is 18.6 Å². The fourth-order valence-electron chi connectivity index (χ4n) is 1.62. The minimum absolute atomic E-state index is 0.677. The van der Waals surface area contributed by atoms with Crippen molar-refractivity contribution in [3.05, 3.63) is 35.9 Å². The van der Waals surface area contributed by atoms with Gasteiger partial charge in [-0.1, -0.05) is 30.3 Å². The van der Waals surface area contributed by atoms with Crippen LogP contribution in [-0.4, -0.2) is 17.0 Å². The van der Waals surface area contributed by atoms with Crippen LogP contribution >= 0.6 is 0 Å². The Labute approximate surface area is 86.5 Å². The van der Waals surface area contributed by atoms with E-state index < -0.39 is 23.5 Å². The van der Waals surface area contributed by atoms with E-state index in [1.54, 1.807) is 24.3 Å². The van der Waals surface area contributed by atoms with E-state index >= 15 is 0 Å². The molecule has 4 nitrogen and oxygen atoms in total. The minimum Gasteiger partial charge on any atom is -0.480 e. The van der Waals surface area contributed by atoms with Crippen LogP contribution in [0.4, 0.5) is 0 Å². The monoisotopic (exact) mass is 206 g/mol. The normalized spacial score (nSPS) is 29.1. The first-order valence-corrected chi connectivity index (χ1v) is 4.56. The molecule has 15 heavy (non-hydrogen) atoms. The standard InChI is InChI=1S/C11H10O4/c1-11(9(12)13)8(15-10(11)14)7-5-3-2-4-6-7/h2-6,8H,1H3,(H,12,13). The van der Waals surface area contributed by atoms with E-state index in [0.29, 0.717) is 5.56 Å². The maximum Gasteiger partial charge on any atom is 0.328 e. The van der Waals surface area contributed by atoms with Gasteiger partial charge < -0.3 is 9.84 Å². The number of aliphatic carboxylic acids is 1. The SMILES string of the molecule is CC1(C(=O)O)C(=O)OC1c1ccccc1. The van der Waals surface area contributed by atoms with Gasteiger partial charge in [0, 0.05) is 0 Å². The molecule has 0 bridgehead atoms. The number of carbonyl (C=O) groups excluding carboxylic acids is 1. The molecule has 1 aliphatic rings. The second-order valence-corrected chi connectivity index (χ2v) is 3.70. The molecular weight excluding hydrogens is 196 g/mol. The molecule has 0 spiro atoms. The van der Waals surface area contributed by atoms with Gasteiger partial charge in [-0.3, -0.25) is 9.59 Å². The molecule has 1 aromatic rings. The molecule has 1 N–H and O–H groups in total. The molecule has 0 saturated carbocycles. The maximum atomic E-state index is 11.2. The first kappa shape index (κ1) is 9.71. The molecule has 4 heteroatoms. The molecule has 1 fully saturated rings. The number of ether oxygens (including phenoxy) is 1. The lowest BCUT2D eigenvalue weighted by molar-refractivity contribution is -0.212. The molecule has 1 saturated heterocycles. The van der Waals surface area contributed by atoms with Crippen LogP contribution in [0.25, 0.3) is 0 Å². The number of hydrogen-bond donors (Lipinski definition) is 1. The molecule has 1 heterocycles. The summed E-state index contributed by atoms with van der Waals surface area (Å²) in [6, 6.07) is 8.88. The molecule has 0 amide bonds. The number of carbonyl (C=O) groups is 2. The van der Waals surface area contributed by atoms with E-state index in [2.05, 4.69) is 0 Å². The topological polar surface area (TPSA) is 63.6 Å². The highest BCUT2D eigenvalue weighted by molar-refractivity contribution is 6.03. The van der Waals surface area contributed by atoms with E-state index in [4.69, 9.17) is 9.84 Å². The Morgan fingerprint density at radius 1 is 1.40 bits per heavy atom. The molecule has 0 aromatic heterocycles. The van der Waals surface area contributed by atoms with Gasteiger partial charge in [-0.15, -0.1) is 0 Å². The molecule has 1 aliphatic heterocycles. The number of cyclic esters (lactones) is 1. The van der Waals surface area contributed by atoms with Crippen LogP contribution in [0.2, 0.25) is 0 Å². The summed E-state index contributed by atoms with van der Waals surface area (Å²) in [6.07, 6.45) is -0.677. The lowest BCUT2D eigenvalue weighted by atomic mass is 9.76. The Bertz CT molecular complexity index is 402. The van der Waals surface area contributed by atoms with Crippen LogP contribution in [0.5, 0.6) is 0 Å². The van der Waals surface area contributed by atoms with Crippen molar-refractivity contribution in [2.45, 2.75) is 13.0 Å². The van der Waals surface area contributed by atoms with Crippen molar-refractivity contribution in [3.8, 4) is 0 Å². The molecule has 78 valence electrons. The van der Waals surface area contributed by atoms with Gasteiger partial charge in [0.25, 0.3) is 0 Å². The van der Waals surface area contributed by atoms with Crippen LogP contribution in [-0.2, 0) is 14.3 Å². The maximum absolute atomic E-state index is 11.2. The summed E-state index contributed by atoms with van der Waals surface area (Å²) >= 11 is 0. The van der Waals surface area contributed by atoms with Crippen molar-refractivity contribution in [1.29, 1.82) is 0 Å². The van der Waals surface area contributed by atoms with E-state index in [1.165, 1.54) is 6.92 Å². The van der Waals surface area contributed by atoms with Crippen LogP contribution in [0.15, 0.2) is 30.3 Å². The van der Waals surface area contributed by atoms with Gasteiger partial charge in [0.15, 0.2) is 6.10 Å². The predicted molar refractivity (Wildman–Crippen MR) is 51.0 cm³/mol. The largest absolute Gasteiger partial charge is 0.480 e. The third kappa shape index (κ3) is 1.21. The van der Waals surface area contributed by atoms with Crippen molar-refractivity contribution >= 4 is 11.9 Å². The summed E-state index contributed by atoms with van der Waals surface area (Å²) in [5, 5.41) is 8.99. The summed E-state index contributed by atoms with van der Waals surface area (Å²) in [5.74, 6) is -1.82. The fraction of sp³-hybridized carbons (Fsp3) is 0.273. The lowest BCUT2D eigenvalue weighted by Crippen LogP contribution is -2.53. The predicted octanol–water partition coefficient (Wildman–Crippen LogP) is 1.38. The van der Waals surface area contributed by atoms with Gasteiger partial charge in [-0.25, -0.2) is 0 Å². The van der Waals surface area contributed by atoms with E-state index in [-0.39, 0.29) is 0 Å². The molecule has 2 rings (SSSR count). The van der Waals surface area contributed by atoms with Crippen molar-refractivity contribution < 1.29 is 19.4 Å². The number of carboxylic acid groups (broad SMARTS) is 1. The van der Waals surface area contributed by atoms with E-state index in [9.17, 15) is 9.59 Å². The second kappa shape index (κ2) is 3.08. The van der Waals surface area contributed by atoms with Gasteiger partial charge in [0.05, 0.1) is 0 Å². The van der Waals surface area contributed by atoms with Gasteiger partial charge in [0.2, 0.25) is 5.41 Å². The molecule has 0 radical (unpaired) electrons. The Balaban J connectivity index is 2.35. The molecule has 1 aromatic carbocycles. The highest BCUT2D eigenvalue weighted by atomic mass is 16.6. The lowest BCUT2D eigenvalue weighted by Gasteiger charge is -2.41. The van der Waals surface area contributed by atoms with Crippen molar-refractivity contribution in [2.24, 2.45) is 5.41 Å². The Kier molecular flexibility index (Phi) is 2.00. The zero-order valence-electron chi connectivity index (χ0n) is 8.14. The van der Waals surface area contributed by atoms with Crippen LogP contribution < -0.4 is 0 Å². The number of hydrogen-bond acceptors (Lipinski definition) is 3. The minimum atomic E-state index is -1.44. The Hall–Kier alpha value is -1.84. The first-order valence-electron chi connectivity index (χ1n) is 4.56. The second-order valence-electron chi connectivity index (χ2n) is 3.70. The van der Waals surface area contributed by atoms with Gasteiger partial charge in [0.1, 0.15) is 0 Å². The zero-order chi connectivity index (χ0) is 11.1. The number of rotatable bonds is 2. The highest BCUT2D eigenvalue weighted by Gasteiger charge is 2.61. The van der Waals surface area contributed by atoms with Gasteiger partial charge in [-0.2, -0.15) is 0 Å². The van der Waals surface area contributed by atoms with Crippen LogP contribution in [0, 0.1) is 5.41 Å². The summed E-state index contributed by atoms with van der Waals surface area (Å²) < 4.78 is 4.88. The van der Waals surface area contributed by atoms with Crippen molar-refractivity contribution in [3.63, 3.8) is 0 Å². The Morgan fingerprint density at radius 3 is 2.47 bits per heavy atom. The summed E-state index contributed by atoms with van der Waals surface area (Å²) in [5.41, 5.74) is -0.733. The smallest absolute Gasteiger partial charge is 0.328 e. The third-order valence-electron chi connectivity index (χ3n) is 2.72. The van der Waals surface area contributed by atoms with Gasteiger partial charge >= 0.3 is 11.9 Å². The molecular formula is C11H10O4. The zero-order valence-corrected chi connectivity index (χ0v) is 8.14. The fourth-order valence-corrected chi connectivity index (χ4v) is 1.62. The summed E-state index contributed by atoms with van der Waals surface area (Å²) in [4.78, 5) is 22.2. The number of carboxylic acids is 1. The van der Waals surface area contributed by atoms with Gasteiger partial charge in [-0.05, 0) is 12.5 Å². The molecule has 2 atom stereocenters. The molecule has 2 unspecified atom stereocenters. The average Bonchev–Trinajstić information content (AvgIpc) is 2.25.